The maximum atomic E-state index is 12.5. The first-order valence-electron chi connectivity index (χ1n) is 5.74. The van der Waals surface area contributed by atoms with Gasteiger partial charge in [0.15, 0.2) is 0 Å². The maximum Gasteiger partial charge on any atom is 0.262 e. The van der Waals surface area contributed by atoms with Crippen molar-refractivity contribution in [1.29, 1.82) is 0 Å². The van der Waals surface area contributed by atoms with E-state index in [0.29, 0.717) is 21.3 Å². The molecule has 0 bridgehead atoms. The van der Waals surface area contributed by atoms with Crippen molar-refractivity contribution in [3.05, 3.63) is 49.5 Å². The van der Waals surface area contributed by atoms with Gasteiger partial charge in [-0.15, -0.1) is 0 Å². The van der Waals surface area contributed by atoms with E-state index in [9.17, 15) is 8.42 Å². The number of nitrogens with two attached hydrogens (primary N) is 1. The van der Waals surface area contributed by atoms with Crippen LogP contribution in [0.1, 0.15) is 5.56 Å². The molecule has 0 unspecified atom stereocenters. The second kappa shape index (κ2) is 6.20. The van der Waals surface area contributed by atoms with Crippen molar-refractivity contribution >= 4 is 67.2 Å². The molecule has 0 spiro atoms. The summed E-state index contributed by atoms with van der Waals surface area (Å²) in [7, 11) is -3.79. The second-order valence-electron chi connectivity index (χ2n) is 4.37. The van der Waals surface area contributed by atoms with E-state index in [1.54, 1.807) is 25.1 Å². The van der Waals surface area contributed by atoms with Crippen molar-refractivity contribution in [2.75, 3.05) is 10.5 Å². The highest BCUT2D eigenvalue weighted by Gasteiger charge is 2.19. The maximum absolute atomic E-state index is 12.5. The molecule has 0 aliphatic rings. The fourth-order valence-corrected chi connectivity index (χ4v) is 4.25. The predicted octanol–water partition coefficient (Wildman–Crippen LogP) is 4.29. The first kappa shape index (κ1) is 16.7. The standard InChI is InChI=1S/C13H11Cl2IN2O2S/c1-7-4-9(14)11(17)6-13(7)21(19,20)18-12-3-2-8(16)5-10(12)15/h2-6,18H,17H2,1H3. The highest BCUT2D eigenvalue weighted by molar-refractivity contribution is 14.1. The first-order valence-corrected chi connectivity index (χ1v) is 9.06. The van der Waals surface area contributed by atoms with Crippen molar-refractivity contribution in [2.24, 2.45) is 0 Å². The van der Waals surface area contributed by atoms with Crippen LogP contribution < -0.4 is 10.5 Å². The monoisotopic (exact) mass is 456 g/mol. The third-order valence-corrected chi connectivity index (χ3v) is 5.58. The van der Waals surface area contributed by atoms with Gasteiger partial charge in [-0.2, -0.15) is 0 Å². The van der Waals surface area contributed by atoms with E-state index in [2.05, 4.69) is 27.3 Å². The summed E-state index contributed by atoms with van der Waals surface area (Å²) in [5.41, 5.74) is 6.70. The van der Waals surface area contributed by atoms with E-state index < -0.39 is 10.0 Å². The Labute approximate surface area is 146 Å². The van der Waals surface area contributed by atoms with Gasteiger partial charge in [-0.1, -0.05) is 23.2 Å². The molecule has 21 heavy (non-hydrogen) atoms. The lowest BCUT2D eigenvalue weighted by Gasteiger charge is -2.13. The van der Waals surface area contributed by atoms with Gasteiger partial charge >= 0.3 is 0 Å². The van der Waals surface area contributed by atoms with Crippen LogP contribution in [0.5, 0.6) is 0 Å². The molecule has 0 saturated carbocycles. The van der Waals surface area contributed by atoms with Gasteiger partial charge in [0.2, 0.25) is 0 Å². The third-order valence-electron chi connectivity index (χ3n) is 2.76. The van der Waals surface area contributed by atoms with Gasteiger partial charge in [-0.05, 0) is 65.4 Å². The number of halogens is 3. The molecule has 0 amide bonds. The van der Waals surface area contributed by atoms with Crippen LogP contribution >= 0.6 is 45.8 Å². The summed E-state index contributed by atoms with van der Waals surface area (Å²) in [5.74, 6) is 0. The van der Waals surface area contributed by atoms with Gasteiger partial charge in [0, 0.05) is 3.57 Å². The molecule has 0 heterocycles. The number of rotatable bonds is 3. The molecule has 112 valence electrons. The van der Waals surface area contributed by atoms with Gasteiger partial charge in [-0.25, -0.2) is 8.42 Å². The molecule has 2 rings (SSSR count). The molecule has 3 N–H and O–H groups in total. The minimum absolute atomic E-state index is 0.0685. The van der Waals surface area contributed by atoms with E-state index in [-0.39, 0.29) is 10.6 Å². The van der Waals surface area contributed by atoms with Gasteiger partial charge in [0.05, 0.1) is 26.3 Å². The number of nitrogens with one attached hydrogen (secondary N) is 1. The molecule has 0 saturated heterocycles. The normalized spacial score (nSPS) is 11.4. The Morgan fingerprint density at radius 3 is 2.43 bits per heavy atom. The summed E-state index contributed by atoms with van der Waals surface area (Å²) < 4.78 is 28.3. The number of hydrogen-bond acceptors (Lipinski definition) is 3. The van der Waals surface area contributed by atoms with Crippen LogP contribution in [-0.2, 0) is 10.0 Å². The fourth-order valence-electron chi connectivity index (χ4n) is 1.73. The summed E-state index contributed by atoms with van der Waals surface area (Å²) in [4.78, 5) is 0.0685. The zero-order valence-corrected chi connectivity index (χ0v) is 15.3. The molecule has 4 nitrogen and oxygen atoms in total. The third kappa shape index (κ3) is 3.74. The lowest BCUT2D eigenvalue weighted by atomic mass is 10.2. The Morgan fingerprint density at radius 1 is 1.14 bits per heavy atom. The Hall–Kier alpha value is -0.700. The Bertz CT molecular complexity index is 810. The summed E-state index contributed by atoms with van der Waals surface area (Å²) in [5, 5.41) is 0.642. The zero-order chi connectivity index (χ0) is 15.8. The summed E-state index contributed by atoms with van der Waals surface area (Å²) in [6.45, 7) is 1.65. The van der Waals surface area contributed by atoms with Crippen molar-refractivity contribution in [3.8, 4) is 0 Å². The second-order valence-corrected chi connectivity index (χ2v) is 8.08. The smallest absolute Gasteiger partial charge is 0.262 e. The molecule has 2 aromatic carbocycles. The summed E-state index contributed by atoms with van der Waals surface area (Å²) >= 11 is 14.0. The molecule has 0 aliphatic carbocycles. The van der Waals surface area contributed by atoms with E-state index >= 15 is 0 Å². The number of aryl methyl sites for hydroxylation is 1. The van der Waals surface area contributed by atoms with Crippen LogP contribution in [0.25, 0.3) is 0 Å². The van der Waals surface area contributed by atoms with E-state index in [1.807, 2.05) is 0 Å². The molecule has 8 heteroatoms. The molecular formula is C13H11Cl2IN2O2S. The average Bonchev–Trinajstić information content (AvgIpc) is 2.37. The quantitative estimate of drug-likeness (QED) is 0.534. The first-order chi connectivity index (χ1) is 9.70. The topological polar surface area (TPSA) is 72.2 Å². The number of anilines is 2. The molecule has 2 aromatic rings. The number of hydrogen-bond donors (Lipinski definition) is 2. The minimum Gasteiger partial charge on any atom is -0.397 e. The number of nitrogen functional groups attached to an aromatic ring is 1. The summed E-state index contributed by atoms with van der Waals surface area (Å²) in [6, 6.07) is 7.88. The predicted molar refractivity (Wildman–Crippen MR) is 95.6 cm³/mol. The van der Waals surface area contributed by atoms with Crippen molar-refractivity contribution in [3.63, 3.8) is 0 Å². The van der Waals surface area contributed by atoms with Crippen LogP contribution in [-0.4, -0.2) is 8.42 Å². The number of sulfonamides is 1. The Kier molecular flexibility index (Phi) is 4.92. The lowest BCUT2D eigenvalue weighted by Crippen LogP contribution is -2.15. The summed E-state index contributed by atoms with van der Waals surface area (Å²) in [6.07, 6.45) is 0. The highest BCUT2D eigenvalue weighted by atomic mass is 127. The van der Waals surface area contributed by atoms with E-state index in [1.165, 1.54) is 12.1 Å². The van der Waals surface area contributed by atoms with Crippen LogP contribution in [0.3, 0.4) is 0 Å². The molecule has 0 atom stereocenters. The van der Waals surface area contributed by atoms with Gasteiger partial charge in [0.1, 0.15) is 0 Å². The van der Waals surface area contributed by atoms with Crippen LogP contribution in [0, 0.1) is 10.5 Å². The minimum atomic E-state index is -3.79. The van der Waals surface area contributed by atoms with Crippen molar-refractivity contribution < 1.29 is 8.42 Å². The van der Waals surface area contributed by atoms with E-state index in [0.717, 1.165) is 3.57 Å². The zero-order valence-electron chi connectivity index (χ0n) is 10.8. The number of benzene rings is 2. The van der Waals surface area contributed by atoms with Crippen molar-refractivity contribution in [2.45, 2.75) is 11.8 Å². The molecule has 0 fully saturated rings. The van der Waals surface area contributed by atoms with Gasteiger partial charge in [0.25, 0.3) is 10.0 Å². The molecular weight excluding hydrogens is 446 g/mol. The molecule has 0 radical (unpaired) electrons. The SMILES string of the molecule is Cc1cc(Cl)c(N)cc1S(=O)(=O)Nc1ccc(I)cc1Cl. The fraction of sp³-hybridized carbons (Fsp3) is 0.0769. The van der Waals surface area contributed by atoms with Crippen molar-refractivity contribution in [1.82, 2.24) is 0 Å². The van der Waals surface area contributed by atoms with E-state index in [4.69, 9.17) is 28.9 Å². The van der Waals surface area contributed by atoms with Gasteiger partial charge < -0.3 is 5.73 Å². The van der Waals surface area contributed by atoms with Gasteiger partial charge in [-0.3, -0.25) is 4.72 Å². The largest absolute Gasteiger partial charge is 0.397 e. The van der Waals surface area contributed by atoms with Crippen LogP contribution in [0.4, 0.5) is 11.4 Å². The Morgan fingerprint density at radius 2 is 1.81 bits per heavy atom. The van der Waals surface area contributed by atoms with Crippen LogP contribution in [0.15, 0.2) is 35.2 Å². The van der Waals surface area contributed by atoms with Crippen LogP contribution in [0.2, 0.25) is 10.0 Å². The average molecular weight is 457 g/mol. The molecule has 0 aromatic heterocycles. The lowest BCUT2D eigenvalue weighted by molar-refractivity contribution is 0.600. The molecule has 0 aliphatic heterocycles. The Balaban J connectivity index is 2.46. The highest BCUT2D eigenvalue weighted by Crippen LogP contribution is 2.30.